The van der Waals surface area contributed by atoms with Crippen molar-refractivity contribution in [2.45, 2.75) is 9.10 Å². The molecule has 11 heteroatoms. The van der Waals surface area contributed by atoms with E-state index in [0.717, 1.165) is 4.21 Å². The molecule has 2 amide bonds. The summed E-state index contributed by atoms with van der Waals surface area (Å²) in [4.78, 5) is 16.0. The summed E-state index contributed by atoms with van der Waals surface area (Å²) >= 11 is 8.54. The van der Waals surface area contributed by atoms with Crippen LogP contribution in [-0.4, -0.2) is 37.0 Å². The Morgan fingerprint density at radius 1 is 1.48 bits per heavy atom. The summed E-state index contributed by atoms with van der Waals surface area (Å²) in [6.07, 6.45) is 3.49. The molecule has 0 aliphatic heterocycles. The number of sulfonamides is 1. The summed E-state index contributed by atoms with van der Waals surface area (Å²) in [6, 6.07) is 4.94. The van der Waals surface area contributed by atoms with Crippen molar-refractivity contribution in [1.82, 2.24) is 9.29 Å². The molecule has 0 spiro atoms. The van der Waals surface area contributed by atoms with Gasteiger partial charge >= 0.3 is 35.6 Å². The van der Waals surface area contributed by atoms with Gasteiger partial charge in [-0.1, -0.05) is 29.0 Å². The van der Waals surface area contributed by atoms with Crippen molar-refractivity contribution < 1.29 is 44.2 Å². The number of thioether (sulfide) groups is 1. The number of urea groups is 1. The number of nitrogens with zero attached hydrogens (tertiary/aromatic N) is 2. The third kappa shape index (κ3) is 5.09. The second-order valence-electron chi connectivity index (χ2n) is 4.05. The number of anilines is 1. The first-order chi connectivity index (χ1) is 10.3. The summed E-state index contributed by atoms with van der Waals surface area (Å²) in [7, 11) is -2.80. The summed E-state index contributed by atoms with van der Waals surface area (Å²) < 4.78 is 26.3. The summed E-state index contributed by atoms with van der Waals surface area (Å²) in [5.41, 5.74) is 0. The third-order valence-electron chi connectivity index (χ3n) is 2.64. The van der Waals surface area contributed by atoms with Crippen molar-refractivity contribution in [1.29, 1.82) is 0 Å². The van der Waals surface area contributed by atoms with Crippen LogP contribution in [0.25, 0.3) is 0 Å². The Balaban J connectivity index is 0.00000264. The van der Waals surface area contributed by atoms with Gasteiger partial charge in [0.2, 0.25) is 0 Å². The fourth-order valence-electron chi connectivity index (χ4n) is 1.48. The largest absolute Gasteiger partial charge is 1.00 e. The number of halogens is 1. The molecule has 2 aromatic rings. The molecule has 2 rings (SSSR count). The minimum atomic E-state index is -3.97. The van der Waals surface area contributed by atoms with Crippen LogP contribution in [0, 0.1) is 0 Å². The standard InChI is InChI=1S/C12H12ClN3O3S3.Na.H/c1-16(12(17)15-11-14-7-10(20-2)21-11)22(18,19)9-5-3-4-8(13)6-9;;/h3-7H,1-2H3,(H,14,15,17);;/q;+1;-1. The predicted molar refractivity (Wildman–Crippen MR) is 90.4 cm³/mol. The molecule has 0 radical (unpaired) electrons. The average molecular weight is 402 g/mol. The van der Waals surface area contributed by atoms with Crippen molar-refractivity contribution in [3.05, 3.63) is 35.5 Å². The maximum absolute atomic E-state index is 12.4. The summed E-state index contributed by atoms with van der Waals surface area (Å²) in [5.74, 6) is 0. The first-order valence-corrected chi connectivity index (χ1v) is 9.76. The van der Waals surface area contributed by atoms with Gasteiger partial charge in [0.25, 0.3) is 10.0 Å². The topological polar surface area (TPSA) is 79.4 Å². The number of aromatic nitrogens is 1. The Morgan fingerprint density at radius 2 is 2.17 bits per heavy atom. The van der Waals surface area contributed by atoms with Crippen LogP contribution in [0.4, 0.5) is 9.93 Å². The molecule has 6 nitrogen and oxygen atoms in total. The summed E-state index contributed by atoms with van der Waals surface area (Å²) in [6.45, 7) is 0. The van der Waals surface area contributed by atoms with E-state index in [1.807, 2.05) is 6.26 Å². The Morgan fingerprint density at radius 3 is 2.74 bits per heavy atom. The zero-order valence-electron chi connectivity index (χ0n) is 13.6. The van der Waals surface area contributed by atoms with Gasteiger partial charge in [-0.05, 0) is 24.5 Å². The van der Waals surface area contributed by atoms with Gasteiger partial charge in [-0.2, -0.15) is 0 Å². The molecule has 1 N–H and O–H groups in total. The molecule has 23 heavy (non-hydrogen) atoms. The molecule has 0 saturated carbocycles. The molecular weight excluding hydrogens is 389 g/mol. The summed E-state index contributed by atoms with van der Waals surface area (Å²) in [5, 5.41) is 3.07. The van der Waals surface area contributed by atoms with E-state index < -0.39 is 16.1 Å². The Labute approximate surface area is 171 Å². The van der Waals surface area contributed by atoms with E-state index in [1.165, 1.54) is 48.3 Å². The number of carbonyl (C=O) groups is 1. The molecule has 0 bridgehead atoms. The van der Waals surface area contributed by atoms with E-state index in [2.05, 4.69) is 10.3 Å². The van der Waals surface area contributed by atoms with Crippen LogP contribution in [0.1, 0.15) is 1.43 Å². The maximum atomic E-state index is 12.4. The molecule has 1 heterocycles. The number of hydrogen-bond acceptors (Lipinski definition) is 6. The third-order valence-corrected chi connectivity index (χ3v) is 6.58. The molecule has 0 saturated heterocycles. The monoisotopic (exact) mass is 401 g/mol. The minimum absolute atomic E-state index is 0. The van der Waals surface area contributed by atoms with Gasteiger partial charge in [0, 0.05) is 12.1 Å². The van der Waals surface area contributed by atoms with Crippen LogP contribution < -0.4 is 34.9 Å². The van der Waals surface area contributed by atoms with E-state index in [1.54, 1.807) is 12.3 Å². The van der Waals surface area contributed by atoms with Crippen molar-refractivity contribution in [3.63, 3.8) is 0 Å². The van der Waals surface area contributed by atoms with Gasteiger partial charge in [0.05, 0.1) is 15.3 Å². The number of thiazole rings is 1. The van der Waals surface area contributed by atoms with Crippen LogP contribution in [-0.2, 0) is 10.0 Å². The normalized spacial score (nSPS) is 10.7. The van der Waals surface area contributed by atoms with Crippen LogP contribution in [0.15, 0.2) is 39.6 Å². The Kier molecular flexibility index (Phi) is 7.85. The first kappa shape index (κ1) is 20.8. The molecule has 0 aliphatic carbocycles. The number of hydrogen-bond donors (Lipinski definition) is 1. The van der Waals surface area contributed by atoms with Gasteiger partial charge < -0.3 is 1.43 Å². The van der Waals surface area contributed by atoms with Gasteiger partial charge in [-0.25, -0.2) is 22.5 Å². The second-order valence-corrected chi connectivity index (χ2v) is 8.59. The molecule has 0 aliphatic rings. The van der Waals surface area contributed by atoms with Crippen LogP contribution >= 0.6 is 34.7 Å². The van der Waals surface area contributed by atoms with E-state index >= 15 is 0 Å². The van der Waals surface area contributed by atoms with E-state index in [0.29, 0.717) is 9.44 Å². The van der Waals surface area contributed by atoms with Crippen molar-refractivity contribution in [3.8, 4) is 0 Å². The van der Waals surface area contributed by atoms with Crippen LogP contribution in [0.5, 0.6) is 0 Å². The van der Waals surface area contributed by atoms with Crippen molar-refractivity contribution in [2.24, 2.45) is 0 Å². The smallest absolute Gasteiger partial charge is 1.00 e. The van der Waals surface area contributed by atoms with E-state index in [4.69, 9.17) is 11.6 Å². The fraction of sp³-hybridized carbons (Fsp3) is 0.167. The molecule has 0 unspecified atom stereocenters. The number of amides is 2. The maximum Gasteiger partial charge on any atom is 1.00 e. The van der Waals surface area contributed by atoms with Gasteiger partial charge in [0.15, 0.2) is 5.13 Å². The number of benzene rings is 1. The zero-order chi connectivity index (χ0) is 16.3. The number of carbonyl (C=O) groups excluding carboxylic acids is 1. The zero-order valence-corrected chi connectivity index (χ0v) is 17.8. The predicted octanol–water partition coefficient (Wildman–Crippen LogP) is 0.487. The Hall–Kier alpha value is -0.290. The van der Waals surface area contributed by atoms with E-state index in [9.17, 15) is 13.2 Å². The van der Waals surface area contributed by atoms with Crippen LogP contribution in [0.3, 0.4) is 0 Å². The fourth-order valence-corrected chi connectivity index (χ4v) is 4.11. The first-order valence-electron chi connectivity index (χ1n) is 5.90. The SMILES string of the molecule is CSc1cnc(NC(=O)N(C)S(=O)(=O)c2cccc(Cl)c2)s1.[H-].[Na+]. The molecular formula is C12H13ClN3NaO3S3. The van der Waals surface area contributed by atoms with Gasteiger partial charge in [-0.3, -0.25) is 5.32 Å². The molecule has 0 fully saturated rings. The van der Waals surface area contributed by atoms with Gasteiger partial charge in [-0.15, -0.1) is 11.8 Å². The number of nitrogens with one attached hydrogen (secondary N) is 1. The number of rotatable bonds is 4. The quantitative estimate of drug-likeness (QED) is 0.595. The molecule has 1 aromatic carbocycles. The van der Waals surface area contributed by atoms with Crippen molar-refractivity contribution in [2.75, 3.05) is 18.6 Å². The molecule has 1 aromatic heterocycles. The second kappa shape index (κ2) is 8.70. The van der Waals surface area contributed by atoms with Crippen molar-refractivity contribution >= 4 is 55.9 Å². The van der Waals surface area contributed by atoms with Gasteiger partial charge in [0.1, 0.15) is 0 Å². The average Bonchev–Trinajstić information content (AvgIpc) is 2.94. The molecule has 120 valence electrons. The minimum Gasteiger partial charge on any atom is -1.00 e. The van der Waals surface area contributed by atoms with Crippen LogP contribution in [0.2, 0.25) is 5.02 Å². The Bertz CT molecular complexity index is 804. The van der Waals surface area contributed by atoms with E-state index in [-0.39, 0.29) is 40.9 Å². The molecule has 0 atom stereocenters.